The maximum absolute atomic E-state index is 13.1. The van der Waals surface area contributed by atoms with E-state index in [2.05, 4.69) is 10.3 Å². The third kappa shape index (κ3) is 3.35. The average Bonchev–Trinajstić information content (AvgIpc) is 3.29. The van der Waals surface area contributed by atoms with E-state index in [9.17, 15) is 9.18 Å². The molecule has 0 saturated carbocycles. The van der Waals surface area contributed by atoms with Crippen LogP contribution in [0.15, 0.2) is 41.1 Å². The van der Waals surface area contributed by atoms with Crippen LogP contribution in [0.2, 0.25) is 0 Å². The molecule has 1 atom stereocenters. The number of halogens is 1. The van der Waals surface area contributed by atoms with Gasteiger partial charge in [-0.25, -0.2) is 4.39 Å². The maximum Gasteiger partial charge on any atom is 0.276 e. The molecule has 1 aliphatic heterocycles. The average molecular weight is 370 g/mol. The predicted octanol–water partition coefficient (Wildman–Crippen LogP) is 2.74. The Balaban J connectivity index is 1.51. The lowest BCUT2D eigenvalue weighted by Gasteiger charge is -2.32. The summed E-state index contributed by atoms with van der Waals surface area (Å²) >= 11 is 0. The highest BCUT2D eigenvalue weighted by atomic mass is 19.1. The van der Waals surface area contributed by atoms with E-state index in [1.54, 1.807) is 34.0 Å². The zero-order valence-corrected chi connectivity index (χ0v) is 15.1. The summed E-state index contributed by atoms with van der Waals surface area (Å²) < 4.78 is 26.0. The molecular formula is C19H19FN4O3. The highest BCUT2D eigenvalue weighted by Gasteiger charge is 2.28. The van der Waals surface area contributed by atoms with E-state index in [1.807, 2.05) is 14.0 Å². The second kappa shape index (κ2) is 6.96. The summed E-state index contributed by atoms with van der Waals surface area (Å²) in [6, 6.07) is 7.76. The Morgan fingerprint density at radius 1 is 1.30 bits per heavy atom. The van der Waals surface area contributed by atoms with Gasteiger partial charge in [0.15, 0.2) is 11.5 Å². The van der Waals surface area contributed by atoms with E-state index in [1.165, 1.54) is 12.1 Å². The van der Waals surface area contributed by atoms with Gasteiger partial charge in [0.2, 0.25) is 0 Å². The molecule has 8 heteroatoms. The maximum atomic E-state index is 13.1. The fraction of sp³-hybridized carbons (Fsp3) is 0.316. The standard InChI is InChI=1S/C19H19FN4O3/c1-12-15(10-21-23(12)2)17-9-16(22-27-17)19(25)24-7-8-26-18(11-24)13-3-5-14(20)6-4-13/h3-6,9-10,18H,7-8,11H2,1-2H3/t18-/m0/s1. The largest absolute Gasteiger partial charge is 0.370 e. The lowest BCUT2D eigenvalue weighted by Crippen LogP contribution is -2.42. The van der Waals surface area contributed by atoms with Crippen LogP contribution in [0, 0.1) is 12.7 Å². The fourth-order valence-electron chi connectivity index (χ4n) is 3.12. The Bertz CT molecular complexity index is 964. The van der Waals surface area contributed by atoms with Crippen LogP contribution in [-0.4, -0.2) is 45.4 Å². The molecule has 0 radical (unpaired) electrons. The van der Waals surface area contributed by atoms with E-state index in [-0.39, 0.29) is 23.5 Å². The SMILES string of the molecule is Cc1c(-c2cc(C(=O)N3CCO[C@H](c4ccc(F)cc4)C3)no2)cnn1C. The van der Waals surface area contributed by atoms with Crippen LogP contribution in [-0.2, 0) is 11.8 Å². The van der Waals surface area contributed by atoms with Gasteiger partial charge in [-0.1, -0.05) is 17.3 Å². The van der Waals surface area contributed by atoms with Crippen molar-refractivity contribution in [3.05, 3.63) is 59.3 Å². The molecule has 140 valence electrons. The number of morpholine rings is 1. The molecule has 3 heterocycles. The van der Waals surface area contributed by atoms with Crippen molar-refractivity contribution in [1.29, 1.82) is 0 Å². The van der Waals surface area contributed by atoms with Crippen molar-refractivity contribution in [1.82, 2.24) is 19.8 Å². The lowest BCUT2D eigenvalue weighted by molar-refractivity contribution is -0.0231. The summed E-state index contributed by atoms with van der Waals surface area (Å²) in [6.07, 6.45) is 1.39. The molecule has 27 heavy (non-hydrogen) atoms. The molecule has 0 unspecified atom stereocenters. The fourth-order valence-corrected chi connectivity index (χ4v) is 3.12. The third-order valence-corrected chi connectivity index (χ3v) is 4.83. The summed E-state index contributed by atoms with van der Waals surface area (Å²) in [5.74, 6) is -0.0161. The lowest BCUT2D eigenvalue weighted by atomic mass is 10.1. The monoisotopic (exact) mass is 370 g/mol. The summed E-state index contributed by atoms with van der Waals surface area (Å²) in [4.78, 5) is 14.5. The van der Waals surface area contributed by atoms with Gasteiger partial charge in [0.1, 0.15) is 11.9 Å². The van der Waals surface area contributed by atoms with Gasteiger partial charge < -0.3 is 14.2 Å². The van der Waals surface area contributed by atoms with Crippen LogP contribution in [0.4, 0.5) is 4.39 Å². The minimum Gasteiger partial charge on any atom is -0.370 e. The van der Waals surface area contributed by atoms with Crippen molar-refractivity contribution in [3.8, 4) is 11.3 Å². The number of hydrogen-bond acceptors (Lipinski definition) is 5. The smallest absolute Gasteiger partial charge is 0.276 e. The van der Waals surface area contributed by atoms with E-state index in [0.717, 1.165) is 16.8 Å². The highest BCUT2D eigenvalue weighted by Crippen LogP contribution is 2.26. The molecule has 0 bridgehead atoms. The topological polar surface area (TPSA) is 73.4 Å². The number of rotatable bonds is 3. The molecule has 7 nitrogen and oxygen atoms in total. The van der Waals surface area contributed by atoms with E-state index < -0.39 is 0 Å². The number of carbonyl (C=O) groups excluding carboxylic acids is 1. The van der Waals surface area contributed by atoms with Crippen LogP contribution in [0.25, 0.3) is 11.3 Å². The number of aromatic nitrogens is 3. The zero-order valence-electron chi connectivity index (χ0n) is 15.1. The number of amides is 1. The summed E-state index contributed by atoms with van der Waals surface area (Å²) in [5.41, 5.74) is 2.80. The Labute approximate surface area is 155 Å². The van der Waals surface area contributed by atoms with Crippen LogP contribution in [0.3, 0.4) is 0 Å². The van der Waals surface area contributed by atoms with Gasteiger partial charge in [-0.05, 0) is 24.6 Å². The van der Waals surface area contributed by atoms with Gasteiger partial charge in [-0.3, -0.25) is 9.48 Å². The van der Waals surface area contributed by atoms with E-state index >= 15 is 0 Å². The molecule has 0 N–H and O–H groups in total. The van der Waals surface area contributed by atoms with Crippen LogP contribution >= 0.6 is 0 Å². The molecule has 1 saturated heterocycles. The van der Waals surface area contributed by atoms with Crippen molar-refractivity contribution >= 4 is 5.91 Å². The Hall–Kier alpha value is -3.00. The van der Waals surface area contributed by atoms with Gasteiger partial charge in [0.25, 0.3) is 5.91 Å². The molecule has 0 aliphatic carbocycles. The summed E-state index contributed by atoms with van der Waals surface area (Å²) in [6.45, 7) is 3.16. The molecule has 1 aliphatic rings. The number of benzene rings is 1. The molecule has 1 amide bonds. The minimum absolute atomic E-state index is 0.220. The van der Waals surface area contributed by atoms with Crippen molar-refractivity contribution in [2.45, 2.75) is 13.0 Å². The molecule has 3 aromatic rings. The number of hydrogen-bond donors (Lipinski definition) is 0. The van der Waals surface area contributed by atoms with Gasteiger partial charge >= 0.3 is 0 Å². The van der Waals surface area contributed by atoms with E-state index in [0.29, 0.717) is 25.5 Å². The van der Waals surface area contributed by atoms with Gasteiger partial charge in [-0.2, -0.15) is 5.10 Å². The molecule has 0 spiro atoms. The predicted molar refractivity (Wildman–Crippen MR) is 94.4 cm³/mol. The molecule has 2 aromatic heterocycles. The molecule has 1 fully saturated rings. The zero-order chi connectivity index (χ0) is 19.0. The van der Waals surface area contributed by atoms with Gasteiger partial charge in [0.05, 0.1) is 24.9 Å². The Morgan fingerprint density at radius 2 is 2.07 bits per heavy atom. The summed E-state index contributed by atoms with van der Waals surface area (Å²) in [5, 5.41) is 8.11. The molecular weight excluding hydrogens is 351 g/mol. The van der Waals surface area contributed by atoms with Crippen molar-refractivity contribution in [2.24, 2.45) is 7.05 Å². The number of ether oxygens (including phenoxy) is 1. The molecule has 1 aromatic carbocycles. The Kier molecular flexibility index (Phi) is 4.49. The van der Waals surface area contributed by atoms with Crippen molar-refractivity contribution in [2.75, 3.05) is 19.7 Å². The van der Waals surface area contributed by atoms with Crippen molar-refractivity contribution < 1.29 is 18.4 Å². The third-order valence-electron chi connectivity index (χ3n) is 4.83. The second-order valence-electron chi connectivity index (χ2n) is 6.51. The van der Waals surface area contributed by atoms with Gasteiger partial charge in [-0.15, -0.1) is 0 Å². The van der Waals surface area contributed by atoms with Crippen LogP contribution in [0.5, 0.6) is 0 Å². The molecule has 4 rings (SSSR count). The number of aryl methyl sites for hydroxylation is 1. The summed E-state index contributed by atoms with van der Waals surface area (Å²) in [7, 11) is 1.84. The highest BCUT2D eigenvalue weighted by molar-refractivity contribution is 5.93. The van der Waals surface area contributed by atoms with Crippen LogP contribution < -0.4 is 0 Å². The van der Waals surface area contributed by atoms with E-state index in [4.69, 9.17) is 9.26 Å². The first-order valence-electron chi connectivity index (χ1n) is 8.65. The Morgan fingerprint density at radius 3 is 2.78 bits per heavy atom. The second-order valence-corrected chi connectivity index (χ2v) is 6.51. The van der Waals surface area contributed by atoms with Gasteiger partial charge in [0, 0.05) is 25.4 Å². The van der Waals surface area contributed by atoms with Crippen LogP contribution in [0.1, 0.15) is 27.8 Å². The first-order chi connectivity index (χ1) is 13.0. The van der Waals surface area contributed by atoms with Crippen molar-refractivity contribution in [3.63, 3.8) is 0 Å². The normalized spacial score (nSPS) is 17.3. The number of nitrogens with zero attached hydrogens (tertiary/aromatic N) is 4. The number of carbonyl (C=O) groups is 1. The quantitative estimate of drug-likeness (QED) is 0.709. The minimum atomic E-state index is -0.302. The first-order valence-corrected chi connectivity index (χ1v) is 8.65. The first kappa shape index (κ1) is 17.4.